The van der Waals surface area contributed by atoms with Gasteiger partial charge in [0.15, 0.2) is 5.78 Å². The summed E-state index contributed by atoms with van der Waals surface area (Å²) < 4.78 is 5.35. The number of urea groups is 1. The summed E-state index contributed by atoms with van der Waals surface area (Å²) in [6.07, 6.45) is 0. The fraction of sp³-hybridized carbons (Fsp3) is 0.300. The lowest BCUT2D eigenvalue weighted by Crippen LogP contribution is -2.48. The number of nitrogens with two attached hydrogens (primary N) is 1. The van der Waals surface area contributed by atoms with Gasteiger partial charge in [0.2, 0.25) is 0 Å². The monoisotopic (exact) mass is 353 g/mol. The molecular formula is C20H23N3O3. The maximum absolute atomic E-state index is 13.1. The fourth-order valence-corrected chi connectivity index (χ4v) is 2.90. The second-order valence-electron chi connectivity index (χ2n) is 6.13. The zero-order valence-corrected chi connectivity index (χ0v) is 14.6. The van der Waals surface area contributed by atoms with Gasteiger partial charge in [0.25, 0.3) is 0 Å². The van der Waals surface area contributed by atoms with E-state index in [-0.39, 0.29) is 18.4 Å². The molecule has 0 atom stereocenters. The van der Waals surface area contributed by atoms with Crippen molar-refractivity contribution < 1.29 is 14.3 Å². The highest BCUT2D eigenvalue weighted by molar-refractivity contribution is 5.97. The Hall–Kier alpha value is -2.70. The predicted octanol–water partition coefficient (Wildman–Crippen LogP) is 2.29. The van der Waals surface area contributed by atoms with E-state index in [4.69, 9.17) is 10.5 Å². The summed E-state index contributed by atoms with van der Waals surface area (Å²) in [5.74, 6) is -0.0964. The number of amides is 2. The quantitative estimate of drug-likeness (QED) is 0.837. The van der Waals surface area contributed by atoms with Gasteiger partial charge >= 0.3 is 6.03 Å². The van der Waals surface area contributed by atoms with Crippen LogP contribution in [0.4, 0.5) is 10.5 Å². The molecule has 1 saturated heterocycles. The molecule has 0 saturated carbocycles. The number of anilines is 1. The molecular weight excluding hydrogens is 330 g/mol. The van der Waals surface area contributed by atoms with E-state index in [2.05, 4.69) is 0 Å². The minimum Gasteiger partial charge on any atom is -0.378 e. The number of morpholine rings is 1. The van der Waals surface area contributed by atoms with E-state index in [1.807, 2.05) is 47.4 Å². The number of hydrogen-bond donors (Lipinski definition) is 1. The molecule has 0 unspecified atom stereocenters. The van der Waals surface area contributed by atoms with E-state index >= 15 is 0 Å². The highest BCUT2D eigenvalue weighted by atomic mass is 16.5. The number of nitrogens with zero attached hydrogens (tertiary/aromatic N) is 2. The van der Waals surface area contributed by atoms with E-state index in [1.54, 1.807) is 17.0 Å². The standard InChI is InChI=1S/C20H23N3O3/c21-14-19(24)17-8-6-16(7-9-17)15-23(18-4-2-1-3-5-18)20(25)22-10-12-26-13-11-22/h1-9H,10-15,21H2. The van der Waals surface area contributed by atoms with Gasteiger partial charge in [0.1, 0.15) is 0 Å². The Morgan fingerprint density at radius 3 is 2.27 bits per heavy atom. The van der Waals surface area contributed by atoms with Gasteiger partial charge in [0.05, 0.1) is 26.3 Å². The number of rotatable bonds is 5. The molecule has 1 aliphatic heterocycles. The summed E-state index contributed by atoms with van der Waals surface area (Å²) in [5.41, 5.74) is 7.78. The minimum atomic E-state index is -0.0964. The van der Waals surface area contributed by atoms with E-state index in [0.717, 1.165) is 11.3 Å². The van der Waals surface area contributed by atoms with Gasteiger partial charge in [-0.3, -0.25) is 9.69 Å². The number of carbonyl (C=O) groups excluding carboxylic acids is 2. The van der Waals surface area contributed by atoms with E-state index in [9.17, 15) is 9.59 Å². The topological polar surface area (TPSA) is 75.9 Å². The van der Waals surface area contributed by atoms with Crippen LogP contribution in [0, 0.1) is 0 Å². The largest absolute Gasteiger partial charge is 0.378 e. The zero-order chi connectivity index (χ0) is 18.4. The molecule has 2 aromatic carbocycles. The third kappa shape index (κ3) is 4.28. The highest BCUT2D eigenvalue weighted by Crippen LogP contribution is 2.20. The van der Waals surface area contributed by atoms with Gasteiger partial charge in [-0.05, 0) is 17.7 Å². The van der Waals surface area contributed by atoms with Crippen LogP contribution in [-0.2, 0) is 11.3 Å². The van der Waals surface area contributed by atoms with Crippen LogP contribution in [0.25, 0.3) is 0 Å². The Labute approximate surface area is 153 Å². The van der Waals surface area contributed by atoms with Crippen molar-refractivity contribution in [3.63, 3.8) is 0 Å². The van der Waals surface area contributed by atoms with Crippen LogP contribution >= 0.6 is 0 Å². The van der Waals surface area contributed by atoms with Crippen molar-refractivity contribution in [2.75, 3.05) is 37.7 Å². The van der Waals surface area contributed by atoms with Crippen molar-refractivity contribution in [3.05, 3.63) is 65.7 Å². The Morgan fingerprint density at radius 2 is 1.65 bits per heavy atom. The molecule has 1 fully saturated rings. The van der Waals surface area contributed by atoms with E-state index < -0.39 is 0 Å². The second-order valence-corrected chi connectivity index (χ2v) is 6.13. The van der Waals surface area contributed by atoms with Crippen LogP contribution < -0.4 is 10.6 Å². The number of ether oxygens (including phenoxy) is 1. The molecule has 2 amide bonds. The molecule has 3 rings (SSSR count). The SMILES string of the molecule is NCC(=O)c1ccc(CN(C(=O)N2CCOCC2)c2ccccc2)cc1. The minimum absolute atomic E-state index is 0.00892. The molecule has 6 nitrogen and oxygen atoms in total. The Kier molecular flexibility index (Phi) is 5.99. The predicted molar refractivity (Wildman–Crippen MR) is 100 cm³/mol. The van der Waals surface area contributed by atoms with Crippen LogP contribution in [0.15, 0.2) is 54.6 Å². The van der Waals surface area contributed by atoms with Crippen LogP contribution in [0.1, 0.15) is 15.9 Å². The molecule has 0 aliphatic carbocycles. The Balaban J connectivity index is 1.81. The van der Waals surface area contributed by atoms with Gasteiger partial charge in [-0.1, -0.05) is 42.5 Å². The lowest BCUT2D eigenvalue weighted by molar-refractivity contribution is 0.0548. The van der Waals surface area contributed by atoms with Crippen molar-refractivity contribution in [2.24, 2.45) is 5.73 Å². The molecule has 136 valence electrons. The summed E-state index contributed by atoms with van der Waals surface area (Å²) in [7, 11) is 0. The van der Waals surface area contributed by atoms with Crippen LogP contribution in [0.2, 0.25) is 0 Å². The molecule has 1 heterocycles. The molecule has 6 heteroatoms. The van der Waals surface area contributed by atoms with Crippen molar-refractivity contribution >= 4 is 17.5 Å². The van der Waals surface area contributed by atoms with Crippen molar-refractivity contribution in [3.8, 4) is 0 Å². The average molecular weight is 353 g/mol. The molecule has 2 N–H and O–H groups in total. The van der Waals surface area contributed by atoms with Crippen LogP contribution in [0.3, 0.4) is 0 Å². The van der Waals surface area contributed by atoms with Gasteiger partial charge < -0.3 is 15.4 Å². The van der Waals surface area contributed by atoms with Crippen molar-refractivity contribution in [1.29, 1.82) is 0 Å². The normalized spacial score (nSPS) is 14.1. The fourth-order valence-electron chi connectivity index (χ4n) is 2.90. The summed E-state index contributed by atoms with van der Waals surface area (Å²) in [4.78, 5) is 28.3. The molecule has 26 heavy (non-hydrogen) atoms. The summed E-state index contributed by atoms with van der Waals surface area (Å²) in [6, 6.07) is 16.8. The first-order chi connectivity index (χ1) is 12.7. The van der Waals surface area contributed by atoms with E-state index in [1.165, 1.54) is 0 Å². The average Bonchev–Trinajstić information content (AvgIpc) is 2.72. The maximum Gasteiger partial charge on any atom is 0.324 e. The summed E-state index contributed by atoms with van der Waals surface area (Å²) in [6.45, 7) is 2.72. The van der Waals surface area contributed by atoms with Crippen LogP contribution in [0.5, 0.6) is 0 Å². The molecule has 0 radical (unpaired) electrons. The molecule has 0 bridgehead atoms. The summed E-state index contributed by atoms with van der Waals surface area (Å²) in [5, 5.41) is 0. The van der Waals surface area contributed by atoms with Gasteiger partial charge in [-0.2, -0.15) is 0 Å². The number of carbonyl (C=O) groups is 2. The smallest absolute Gasteiger partial charge is 0.324 e. The third-order valence-electron chi connectivity index (χ3n) is 4.38. The number of ketones is 1. The molecule has 2 aromatic rings. The molecule has 0 aromatic heterocycles. The lowest BCUT2D eigenvalue weighted by Gasteiger charge is -2.33. The highest BCUT2D eigenvalue weighted by Gasteiger charge is 2.24. The molecule has 0 spiro atoms. The number of para-hydroxylation sites is 1. The lowest BCUT2D eigenvalue weighted by atomic mass is 10.1. The van der Waals surface area contributed by atoms with Crippen molar-refractivity contribution in [1.82, 2.24) is 4.90 Å². The summed E-state index contributed by atoms with van der Waals surface area (Å²) >= 11 is 0. The Morgan fingerprint density at radius 1 is 1.00 bits per heavy atom. The number of hydrogen-bond acceptors (Lipinski definition) is 4. The number of Topliss-reactive ketones (excluding diaryl/α,β-unsaturated/α-hetero) is 1. The first kappa shape index (κ1) is 18.1. The van der Waals surface area contributed by atoms with Gasteiger partial charge in [0, 0.05) is 24.3 Å². The third-order valence-corrected chi connectivity index (χ3v) is 4.38. The maximum atomic E-state index is 13.1. The molecule has 1 aliphatic rings. The van der Waals surface area contributed by atoms with E-state index in [0.29, 0.717) is 38.4 Å². The van der Waals surface area contributed by atoms with Gasteiger partial charge in [-0.15, -0.1) is 0 Å². The van der Waals surface area contributed by atoms with Crippen molar-refractivity contribution in [2.45, 2.75) is 6.54 Å². The number of benzene rings is 2. The zero-order valence-electron chi connectivity index (χ0n) is 14.6. The van der Waals surface area contributed by atoms with Gasteiger partial charge in [-0.25, -0.2) is 4.79 Å². The van der Waals surface area contributed by atoms with Crippen LogP contribution in [-0.4, -0.2) is 49.6 Å². The first-order valence-electron chi connectivity index (χ1n) is 8.70. The second kappa shape index (κ2) is 8.60. The Bertz CT molecular complexity index is 741. The first-order valence-corrected chi connectivity index (χ1v) is 8.70.